The number of hydrogen-bond donors (Lipinski definition) is 0. The fourth-order valence-electron chi connectivity index (χ4n) is 1.71. The maximum absolute atomic E-state index is 11.4. The summed E-state index contributed by atoms with van der Waals surface area (Å²) in [5.41, 5.74) is 2.09. The van der Waals surface area contributed by atoms with Crippen LogP contribution in [-0.4, -0.2) is 12.5 Å². The second-order valence-corrected chi connectivity index (χ2v) is 3.65. The number of benzene rings is 1. The molecule has 1 aromatic carbocycles. The van der Waals surface area contributed by atoms with E-state index in [4.69, 9.17) is 11.6 Å². The van der Waals surface area contributed by atoms with Crippen LogP contribution in [0.4, 0.5) is 5.69 Å². The van der Waals surface area contributed by atoms with E-state index in [1.54, 1.807) is 11.0 Å². The quantitative estimate of drug-likeness (QED) is 0.648. The Balaban J connectivity index is 2.40. The van der Waals surface area contributed by atoms with Crippen molar-refractivity contribution in [2.75, 3.05) is 11.4 Å². The lowest BCUT2D eigenvalue weighted by molar-refractivity contribution is -0.114. The predicted molar refractivity (Wildman–Crippen MR) is 57.7 cm³/mol. The van der Waals surface area contributed by atoms with Gasteiger partial charge in [0.1, 0.15) is 0 Å². The van der Waals surface area contributed by atoms with E-state index in [-0.39, 0.29) is 5.91 Å². The minimum absolute atomic E-state index is 0.0499. The van der Waals surface area contributed by atoms with Gasteiger partial charge in [0, 0.05) is 17.3 Å². The van der Waals surface area contributed by atoms with Gasteiger partial charge in [-0.1, -0.05) is 18.2 Å². The maximum atomic E-state index is 11.4. The van der Waals surface area contributed by atoms with Gasteiger partial charge in [0.15, 0.2) is 0 Å². The lowest BCUT2D eigenvalue weighted by atomic mass is 10.2. The standard InChI is InChI=1S/C11H10ClNO/c1-2-11(14)13-6-5-8-7-9(12)3-4-10(8)13/h2-4,7H,1,5-6H2. The molecule has 2 nitrogen and oxygen atoms in total. The third-order valence-corrected chi connectivity index (χ3v) is 2.61. The van der Waals surface area contributed by atoms with Crippen molar-refractivity contribution in [2.24, 2.45) is 0 Å². The summed E-state index contributed by atoms with van der Waals surface area (Å²) in [5.74, 6) is -0.0499. The first-order valence-corrected chi connectivity index (χ1v) is 4.82. The first-order valence-electron chi connectivity index (χ1n) is 4.45. The Morgan fingerprint density at radius 2 is 2.36 bits per heavy atom. The Labute approximate surface area is 87.8 Å². The number of carbonyl (C=O) groups excluding carboxylic acids is 1. The summed E-state index contributed by atoms with van der Waals surface area (Å²) in [6.07, 6.45) is 2.21. The van der Waals surface area contributed by atoms with Crippen molar-refractivity contribution in [3.8, 4) is 0 Å². The first-order chi connectivity index (χ1) is 6.72. The highest BCUT2D eigenvalue weighted by atomic mass is 35.5. The van der Waals surface area contributed by atoms with Gasteiger partial charge in [-0.2, -0.15) is 0 Å². The van der Waals surface area contributed by atoms with Gasteiger partial charge in [-0.05, 0) is 36.3 Å². The van der Waals surface area contributed by atoms with Crippen LogP contribution >= 0.6 is 11.6 Å². The van der Waals surface area contributed by atoms with Crippen molar-refractivity contribution in [3.63, 3.8) is 0 Å². The Morgan fingerprint density at radius 1 is 1.57 bits per heavy atom. The van der Waals surface area contributed by atoms with Gasteiger partial charge in [-0.25, -0.2) is 0 Å². The number of carbonyl (C=O) groups is 1. The molecule has 1 amide bonds. The minimum Gasteiger partial charge on any atom is -0.308 e. The molecule has 0 bridgehead atoms. The van der Waals surface area contributed by atoms with Crippen LogP contribution in [0.25, 0.3) is 0 Å². The minimum atomic E-state index is -0.0499. The zero-order valence-corrected chi connectivity index (χ0v) is 8.42. The van der Waals surface area contributed by atoms with Gasteiger partial charge >= 0.3 is 0 Å². The molecule has 0 unspecified atom stereocenters. The fourth-order valence-corrected chi connectivity index (χ4v) is 1.90. The fraction of sp³-hybridized carbons (Fsp3) is 0.182. The molecule has 1 aliphatic heterocycles. The molecule has 0 saturated heterocycles. The third kappa shape index (κ3) is 1.42. The topological polar surface area (TPSA) is 20.3 Å². The number of rotatable bonds is 1. The molecule has 0 radical (unpaired) electrons. The number of amides is 1. The van der Waals surface area contributed by atoms with Crippen LogP contribution in [0.2, 0.25) is 5.02 Å². The van der Waals surface area contributed by atoms with E-state index in [0.29, 0.717) is 0 Å². The Morgan fingerprint density at radius 3 is 3.07 bits per heavy atom. The van der Waals surface area contributed by atoms with Gasteiger partial charge in [0.05, 0.1) is 0 Å². The van der Waals surface area contributed by atoms with E-state index < -0.39 is 0 Å². The molecule has 72 valence electrons. The lowest BCUT2D eigenvalue weighted by Crippen LogP contribution is -2.26. The first kappa shape index (κ1) is 9.28. The van der Waals surface area contributed by atoms with E-state index in [0.717, 1.165) is 29.2 Å². The van der Waals surface area contributed by atoms with Crippen LogP contribution < -0.4 is 4.90 Å². The molecule has 1 aromatic rings. The van der Waals surface area contributed by atoms with E-state index >= 15 is 0 Å². The molecule has 2 rings (SSSR count). The summed E-state index contributed by atoms with van der Waals surface area (Å²) >= 11 is 5.86. The number of hydrogen-bond acceptors (Lipinski definition) is 1. The van der Waals surface area contributed by atoms with Crippen LogP contribution in [0.3, 0.4) is 0 Å². The van der Waals surface area contributed by atoms with Crippen molar-refractivity contribution in [1.29, 1.82) is 0 Å². The van der Waals surface area contributed by atoms with Crippen LogP contribution in [0.5, 0.6) is 0 Å². The number of anilines is 1. The molecule has 0 saturated carbocycles. The number of nitrogens with zero attached hydrogens (tertiary/aromatic N) is 1. The molecule has 0 spiro atoms. The zero-order chi connectivity index (χ0) is 10.1. The van der Waals surface area contributed by atoms with Gasteiger partial charge in [-0.15, -0.1) is 0 Å². The second kappa shape index (κ2) is 3.46. The van der Waals surface area contributed by atoms with Crippen LogP contribution in [-0.2, 0) is 11.2 Å². The van der Waals surface area contributed by atoms with Gasteiger partial charge in [0.25, 0.3) is 0 Å². The summed E-state index contributed by atoms with van der Waals surface area (Å²) in [5, 5.41) is 0.719. The third-order valence-electron chi connectivity index (χ3n) is 2.38. The lowest BCUT2D eigenvalue weighted by Gasteiger charge is -2.14. The average molecular weight is 208 g/mol. The zero-order valence-electron chi connectivity index (χ0n) is 7.66. The predicted octanol–water partition coefficient (Wildman–Crippen LogP) is 2.42. The molecular weight excluding hydrogens is 198 g/mol. The highest BCUT2D eigenvalue weighted by Crippen LogP contribution is 2.30. The van der Waals surface area contributed by atoms with Crippen molar-refractivity contribution < 1.29 is 4.79 Å². The average Bonchev–Trinajstić information content (AvgIpc) is 2.59. The van der Waals surface area contributed by atoms with Crippen molar-refractivity contribution in [3.05, 3.63) is 41.4 Å². The molecule has 0 fully saturated rings. The Kier molecular flexibility index (Phi) is 2.30. The van der Waals surface area contributed by atoms with E-state index in [2.05, 4.69) is 6.58 Å². The Hall–Kier alpha value is -1.28. The largest absolute Gasteiger partial charge is 0.308 e. The summed E-state index contributed by atoms with van der Waals surface area (Å²) in [4.78, 5) is 13.2. The van der Waals surface area contributed by atoms with Crippen molar-refractivity contribution in [1.82, 2.24) is 0 Å². The van der Waals surface area contributed by atoms with E-state index in [9.17, 15) is 4.79 Å². The molecule has 14 heavy (non-hydrogen) atoms. The van der Waals surface area contributed by atoms with Crippen LogP contribution in [0, 0.1) is 0 Å². The van der Waals surface area contributed by atoms with Crippen LogP contribution in [0.1, 0.15) is 5.56 Å². The highest BCUT2D eigenvalue weighted by Gasteiger charge is 2.22. The Bertz CT molecular complexity index is 400. The summed E-state index contributed by atoms with van der Waals surface area (Å²) in [6, 6.07) is 5.59. The number of halogens is 1. The normalized spacial score (nSPS) is 13.9. The monoisotopic (exact) mass is 207 g/mol. The van der Waals surface area contributed by atoms with E-state index in [1.807, 2.05) is 12.1 Å². The molecule has 0 aromatic heterocycles. The molecular formula is C11H10ClNO. The molecule has 1 heterocycles. The van der Waals surface area contributed by atoms with E-state index in [1.165, 1.54) is 6.08 Å². The van der Waals surface area contributed by atoms with Gasteiger partial charge in [0.2, 0.25) is 5.91 Å². The summed E-state index contributed by atoms with van der Waals surface area (Å²) in [7, 11) is 0. The summed E-state index contributed by atoms with van der Waals surface area (Å²) < 4.78 is 0. The highest BCUT2D eigenvalue weighted by molar-refractivity contribution is 6.30. The van der Waals surface area contributed by atoms with Crippen LogP contribution in [0.15, 0.2) is 30.9 Å². The van der Waals surface area contributed by atoms with Gasteiger partial charge in [-0.3, -0.25) is 4.79 Å². The maximum Gasteiger partial charge on any atom is 0.250 e. The second-order valence-electron chi connectivity index (χ2n) is 3.22. The number of fused-ring (bicyclic) bond motifs is 1. The summed E-state index contributed by atoms with van der Waals surface area (Å²) in [6.45, 7) is 4.20. The SMILES string of the molecule is C=CC(=O)N1CCc2cc(Cl)ccc21. The molecule has 0 atom stereocenters. The van der Waals surface area contributed by atoms with Crippen molar-refractivity contribution in [2.45, 2.75) is 6.42 Å². The smallest absolute Gasteiger partial charge is 0.250 e. The molecule has 1 aliphatic rings. The van der Waals surface area contributed by atoms with Crippen molar-refractivity contribution >= 4 is 23.2 Å². The van der Waals surface area contributed by atoms with Gasteiger partial charge < -0.3 is 4.90 Å². The molecule has 0 N–H and O–H groups in total. The molecule has 3 heteroatoms. The molecule has 0 aliphatic carbocycles.